The number of likely N-dealkylation sites (tertiary alicyclic amines) is 1. The Balaban J connectivity index is 2.11. The van der Waals surface area contributed by atoms with Gasteiger partial charge in [0, 0.05) is 6.54 Å². The number of hydrogen-bond donors (Lipinski definition) is 1. The maximum absolute atomic E-state index is 11.5. The number of carbonyl (C=O) groups is 1. The van der Waals surface area contributed by atoms with Crippen LogP contribution in [0.3, 0.4) is 0 Å². The molecule has 1 aromatic carbocycles. The Morgan fingerprint density at radius 3 is 2.43 bits per heavy atom. The van der Waals surface area contributed by atoms with E-state index >= 15 is 0 Å². The van der Waals surface area contributed by atoms with Crippen molar-refractivity contribution in [3.8, 4) is 0 Å². The van der Waals surface area contributed by atoms with E-state index in [1.54, 1.807) is 0 Å². The second-order valence-electron chi connectivity index (χ2n) is 7.32. The molecule has 1 fully saturated rings. The van der Waals surface area contributed by atoms with E-state index in [9.17, 15) is 9.90 Å². The molecule has 3 nitrogen and oxygen atoms in total. The zero-order valence-electron chi connectivity index (χ0n) is 13.6. The highest BCUT2D eigenvalue weighted by Crippen LogP contribution is 2.26. The van der Waals surface area contributed by atoms with Crippen molar-refractivity contribution in [3.63, 3.8) is 0 Å². The Kier molecular flexibility index (Phi) is 4.72. The maximum Gasteiger partial charge on any atom is 0.321 e. The first kappa shape index (κ1) is 16.0. The molecular weight excluding hydrogens is 262 g/mol. The third kappa shape index (κ3) is 3.85. The van der Waals surface area contributed by atoms with Gasteiger partial charge in [0.15, 0.2) is 0 Å². The standard InChI is InChI=1S/C18H27NO2/c1-13-6-5-11-19(16(13)17(20)21)12-14-7-9-15(10-8-14)18(2,3)4/h7-10,13,16H,5-6,11-12H2,1-4H3,(H,20,21). The minimum Gasteiger partial charge on any atom is -0.480 e. The van der Waals surface area contributed by atoms with Crippen LogP contribution in [0, 0.1) is 5.92 Å². The number of rotatable bonds is 3. The third-order valence-corrected chi connectivity index (χ3v) is 4.50. The molecule has 0 spiro atoms. The van der Waals surface area contributed by atoms with Crippen LogP contribution in [0.5, 0.6) is 0 Å². The minimum absolute atomic E-state index is 0.155. The van der Waals surface area contributed by atoms with Crippen LogP contribution in [0.4, 0.5) is 0 Å². The van der Waals surface area contributed by atoms with E-state index in [2.05, 4.69) is 49.9 Å². The maximum atomic E-state index is 11.5. The fourth-order valence-electron chi connectivity index (χ4n) is 3.19. The Morgan fingerprint density at radius 1 is 1.29 bits per heavy atom. The summed E-state index contributed by atoms with van der Waals surface area (Å²) in [5.74, 6) is -0.460. The predicted molar refractivity (Wildman–Crippen MR) is 85.4 cm³/mol. The number of benzene rings is 1. The second-order valence-corrected chi connectivity index (χ2v) is 7.32. The largest absolute Gasteiger partial charge is 0.480 e. The van der Waals surface area contributed by atoms with Crippen molar-refractivity contribution in [2.75, 3.05) is 6.54 Å². The van der Waals surface area contributed by atoms with Crippen molar-refractivity contribution < 1.29 is 9.90 Å². The number of aliphatic carboxylic acids is 1. The molecule has 116 valence electrons. The van der Waals surface area contributed by atoms with Gasteiger partial charge in [-0.05, 0) is 41.8 Å². The Bertz CT molecular complexity index is 487. The van der Waals surface area contributed by atoms with Gasteiger partial charge in [-0.2, -0.15) is 0 Å². The highest BCUT2D eigenvalue weighted by Gasteiger charge is 2.33. The van der Waals surface area contributed by atoms with Gasteiger partial charge in [-0.1, -0.05) is 52.0 Å². The smallest absolute Gasteiger partial charge is 0.321 e. The average Bonchev–Trinajstić information content (AvgIpc) is 2.38. The molecule has 2 unspecified atom stereocenters. The van der Waals surface area contributed by atoms with E-state index in [0.29, 0.717) is 0 Å². The fraction of sp³-hybridized carbons (Fsp3) is 0.611. The van der Waals surface area contributed by atoms with Gasteiger partial charge in [0.1, 0.15) is 6.04 Å². The lowest BCUT2D eigenvalue weighted by atomic mass is 9.86. The summed E-state index contributed by atoms with van der Waals surface area (Å²) in [6.45, 7) is 10.3. The van der Waals surface area contributed by atoms with Crippen LogP contribution in [-0.2, 0) is 16.8 Å². The number of piperidine rings is 1. The summed E-state index contributed by atoms with van der Waals surface area (Å²) in [7, 11) is 0. The highest BCUT2D eigenvalue weighted by molar-refractivity contribution is 5.74. The average molecular weight is 289 g/mol. The van der Waals surface area contributed by atoms with Gasteiger partial charge >= 0.3 is 5.97 Å². The molecule has 1 aliphatic heterocycles. The van der Waals surface area contributed by atoms with E-state index in [4.69, 9.17) is 0 Å². The molecule has 2 rings (SSSR count). The molecule has 1 aromatic rings. The summed E-state index contributed by atoms with van der Waals surface area (Å²) in [4.78, 5) is 13.6. The van der Waals surface area contributed by atoms with E-state index in [0.717, 1.165) is 25.9 Å². The monoisotopic (exact) mass is 289 g/mol. The zero-order valence-corrected chi connectivity index (χ0v) is 13.6. The Labute approximate surface area is 128 Å². The molecule has 1 N–H and O–H groups in total. The lowest BCUT2D eigenvalue weighted by Crippen LogP contribution is -2.48. The lowest BCUT2D eigenvalue weighted by molar-refractivity contribution is -0.147. The lowest BCUT2D eigenvalue weighted by Gasteiger charge is -2.37. The summed E-state index contributed by atoms with van der Waals surface area (Å²) in [6.07, 6.45) is 2.10. The quantitative estimate of drug-likeness (QED) is 0.923. The van der Waals surface area contributed by atoms with Gasteiger partial charge < -0.3 is 5.11 Å². The number of hydrogen-bond acceptors (Lipinski definition) is 2. The molecule has 1 saturated heterocycles. The molecule has 3 heteroatoms. The first-order valence-corrected chi connectivity index (χ1v) is 7.85. The van der Waals surface area contributed by atoms with E-state index in [1.165, 1.54) is 11.1 Å². The van der Waals surface area contributed by atoms with Crippen LogP contribution >= 0.6 is 0 Å². The molecular formula is C18H27NO2. The van der Waals surface area contributed by atoms with Gasteiger partial charge in [-0.3, -0.25) is 9.69 Å². The van der Waals surface area contributed by atoms with Crippen LogP contribution < -0.4 is 0 Å². The third-order valence-electron chi connectivity index (χ3n) is 4.50. The van der Waals surface area contributed by atoms with Crippen molar-refractivity contribution >= 4 is 5.97 Å². The molecule has 1 heterocycles. The molecule has 1 aliphatic rings. The van der Waals surface area contributed by atoms with Crippen LogP contribution in [0.2, 0.25) is 0 Å². The van der Waals surface area contributed by atoms with Crippen molar-refractivity contribution in [2.24, 2.45) is 5.92 Å². The number of carboxylic acids is 1. The van der Waals surface area contributed by atoms with Crippen molar-refractivity contribution in [2.45, 2.75) is 58.5 Å². The summed E-state index contributed by atoms with van der Waals surface area (Å²) in [6, 6.07) is 8.26. The van der Waals surface area contributed by atoms with Crippen molar-refractivity contribution in [1.82, 2.24) is 4.90 Å². The number of carboxylic acid groups (broad SMARTS) is 1. The Morgan fingerprint density at radius 2 is 1.90 bits per heavy atom. The van der Waals surface area contributed by atoms with Crippen LogP contribution in [0.1, 0.15) is 51.7 Å². The van der Waals surface area contributed by atoms with E-state index < -0.39 is 5.97 Å². The van der Waals surface area contributed by atoms with Crippen LogP contribution in [0.25, 0.3) is 0 Å². The van der Waals surface area contributed by atoms with Crippen LogP contribution in [-0.4, -0.2) is 28.6 Å². The van der Waals surface area contributed by atoms with Gasteiger partial charge in [-0.25, -0.2) is 0 Å². The topological polar surface area (TPSA) is 40.5 Å². The van der Waals surface area contributed by atoms with Crippen molar-refractivity contribution in [3.05, 3.63) is 35.4 Å². The first-order chi connectivity index (χ1) is 9.79. The molecule has 2 atom stereocenters. The molecule has 0 aromatic heterocycles. The van der Waals surface area contributed by atoms with E-state index in [-0.39, 0.29) is 17.4 Å². The zero-order chi connectivity index (χ0) is 15.6. The summed E-state index contributed by atoms with van der Waals surface area (Å²) in [5, 5.41) is 9.47. The van der Waals surface area contributed by atoms with Gasteiger partial charge in [0.2, 0.25) is 0 Å². The van der Waals surface area contributed by atoms with Gasteiger partial charge in [0.25, 0.3) is 0 Å². The summed E-state index contributed by atoms with van der Waals surface area (Å²) < 4.78 is 0. The summed E-state index contributed by atoms with van der Waals surface area (Å²) >= 11 is 0. The Hall–Kier alpha value is -1.35. The van der Waals surface area contributed by atoms with Gasteiger partial charge in [0.05, 0.1) is 0 Å². The van der Waals surface area contributed by atoms with Crippen LogP contribution in [0.15, 0.2) is 24.3 Å². The highest BCUT2D eigenvalue weighted by atomic mass is 16.4. The molecule has 0 saturated carbocycles. The molecule has 0 bridgehead atoms. The summed E-state index contributed by atoms with van der Waals surface area (Å²) in [5.41, 5.74) is 2.67. The van der Waals surface area contributed by atoms with E-state index in [1.807, 2.05) is 6.92 Å². The van der Waals surface area contributed by atoms with Crippen molar-refractivity contribution in [1.29, 1.82) is 0 Å². The predicted octanol–water partition coefficient (Wildman–Crippen LogP) is 3.67. The molecule has 0 amide bonds. The minimum atomic E-state index is -0.687. The second kappa shape index (κ2) is 6.18. The fourth-order valence-corrected chi connectivity index (χ4v) is 3.19. The molecule has 0 aliphatic carbocycles. The molecule has 0 radical (unpaired) electrons. The first-order valence-electron chi connectivity index (χ1n) is 7.85. The normalized spacial score (nSPS) is 24.0. The molecule has 21 heavy (non-hydrogen) atoms. The SMILES string of the molecule is CC1CCCN(Cc2ccc(C(C)(C)C)cc2)C1C(=O)O. The number of nitrogens with zero attached hydrogens (tertiary/aromatic N) is 1. The van der Waals surface area contributed by atoms with Gasteiger partial charge in [-0.15, -0.1) is 0 Å².